The van der Waals surface area contributed by atoms with Crippen LogP contribution in [0.5, 0.6) is 0 Å². The van der Waals surface area contributed by atoms with E-state index >= 15 is 0 Å². The number of nitrogens with two attached hydrogens (primary N) is 1. The summed E-state index contributed by atoms with van der Waals surface area (Å²) in [5.41, 5.74) is 8.12. The molecule has 0 spiro atoms. The first-order valence-corrected chi connectivity index (χ1v) is 6.72. The van der Waals surface area contributed by atoms with E-state index in [1.54, 1.807) is 0 Å². The number of rotatable bonds is 3. The average molecular weight is 260 g/mol. The highest BCUT2D eigenvalue weighted by molar-refractivity contribution is 5.81. The molecule has 102 valence electrons. The number of morpholine rings is 1. The van der Waals surface area contributed by atoms with Crippen LogP contribution in [0, 0.1) is 0 Å². The van der Waals surface area contributed by atoms with Gasteiger partial charge in [-0.3, -0.25) is 9.58 Å². The largest absolute Gasteiger partial charge is 0.378 e. The highest BCUT2D eigenvalue weighted by atomic mass is 16.5. The Kier molecular flexibility index (Phi) is 3.50. The minimum Gasteiger partial charge on any atom is -0.378 e. The summed E-state index contributed by atoms with van der Waals surface area (Å²) >= 11 is 0. The lowest BCUT2D eigenvalue weighted by molar-refractivity contribution is -0.00834. The minimum absolute atomic E-state index is 0.300. The van der Waals surface area contributed by atoms with E-state index in [1.165, 1.54) is 10.9 Å². The van der Waals surface area contributed by atoms with Crippen LogP contribution < -0.4 is 5.73 Å². The molecule has 2 aromatic rings. The summed E-state index contributed by atoms with van der Waals surface area (Å²) in [6, 6.07) is 8.65. The van der Waals surface area contributed by atoms with Crippen LogP contribution in [0.2, 0.25) is 0 Å². The molecular weight excluding hydrogens is 240 g/mol. The van der Waals surface area contributed by atoms with Crippen LogP contribution in [0.4, 0.5) is 0 Å². The highest BCUT2D eigenvalue weighted by Gasteiger charge is 2.23. The third-order valence-corrected chi connectivity index (χ3v) is 3.81. The van der Waals surface area contributed by atoms with Crippen molar-refractivity contribution in [1.82, 2.24) is 14.7 Å². The minimum atomic E-state index is 0.300. The Morgan fingerprint density at radius 3 is 3.11 bits per heavy atom. The zero-order valence-corrected chi connectivity index (χ0v) is 11.2. The number of aryl methyl sites for hydroxylation is 1. The van der Waals surface area contributed by atoms with E-state index in [9.17, 15) is 0 Å². The topological polar surface area (TPSA) is 56.3 Å². The van der Waals surface area contributed by atoms with Gasteiger partial charge < -0.3 is 10.5 Å². The predicted octanol–water partition coefficient (Wildman–Crippen LogP) is 0.733. The van der Waals surface area contributed by atoms with Gasteiger partial charge in [-0.05, 0) is 6.07 Å². The second-order valence-corrected chi connectivity index (χ2v) is 5.02. The first kappa shape index (κ1) is 12.6. The molecule has 1 saturated heterocycles. The van der Waals surface area contributed by atoms with Crippen LogP contribution >= 0.6 is 0 Å². The standard InChI is InChI=1S/C14H20N4O/c1-17-14-5-3-2-4-12(14)13(16-17)9-18-6-7-19-10-11(18)8-15/h2-5,11H,6-10,15H2,1H3. The second kappa shape index (κ2) is 5.28. The molecule has 1 atom stereocenters. The maximum atomic E-state index is 5.82. The second-order valence-electron chi connectivity index (χ2n) is 5.02. The van der Waals surface area contributed by atoms with Crippen LogP contribution in [0.25, 0.3) is 10.9 Å². The van der Waals surface area contributed by atoms with E-state index in [0.717, 1.165) is 32.0 Å². The zero-order chi connectivity index (χ0) is 13.2. The maximum absolute atomic E-state index is 5.82. The Bertz CT molecular complexity index is 566. The molecule has 1 aliphatic heterocycles. The number of hydrogen-bond acceptors (Lipinski definition) is 4. The lowest BCUT2D eigenvalue weighted by Crippen LogP contribution is -2.48. The number of hydrogen-bond donors (Lipinski definition) is 1. The maximum Gasteiger partial charge on any atom is 0.0843 e. The fourth-order valence-electron chi connectivity index (χ4n) is 2.71. The van der Waals surface area contributed by atoms with Crippen molar-refractivity contribution in [3.05, 3.63) is 30.0 Å². The van der Waals surface area contributed by atoms with Crippen molar-refractivity contribution in [2.24, 2.45) is 12.8 Å². The van der Waals surface area contributed by atoms with Gasteiger partial charge in [0.2, 0.25) is 0 Å². The van der Waals surface area contributed by atoms with Crippen molar-refractivity contribution >= 4 is 10.9 Å². The number of nitrogens with zero attached hydrogens (tertiary/aromatic N) is 3. The number of aromatic nitrogens is 2. The van der Waals surface area contributed by atoms with E-state index in [1.807, 2.05) is 17.8 Å². The number of para-hydroxylation sites is 1. The third-order valence-electron chi connectivity index (χ3n) is 3.81. The van der Waals surface area contributed by atoms with Crippen LogP contribution in [0.15, 0.2) is 24.3 Å². The smallest absolute Gasteiger partial charge is 0.0843 e. The summed E-state index contributed by atoms with van der Waals surface area (Å²) in [6.07, 6.45) is 0. The van der Waals surface area contributed by atoms with Crippen LogP contribution in [-0.2, 0) is 18.3 Å². The zero-order valence-electron chi connectivity index (χ0n) is 11.2. The molecule has 0 bridgehead atoms. The van der Waals surface area contributed by atoms with Gasteiger partial charge in [0.25, 0.3) is 0 Å². The Balaban J connectivity index is 1.88. The van der Waals surface area contributed by atoms with E-state index in [0.29, 0.717) is 12.6 Å². The molecule has 5 heteroatoms. The monoisotopic (exact) mass is 260 g/mol. The van der Waals surface area contributed by atoms with Gasteiger partial charge in [0, 0.05) is 38.1 Å². The van der Waals surface area contributed by atoms with Crippen molar-refractivity contribution < 1.29 is 4.74 Å². The molecule has 1 aromatic carbocycles. The summed E-state index contributed by atoms with van der Waals surface area (Å²) < 4.78 is 7.43. The van der Waals surface area contributed by atoms with Crippen molar-refractivity contribution in [2.45, 2.75) is 12.6 Å². The first-order valence-electron chi connectivity index (χ1n) is 6.72. The molecule has 2 N–H and O–H groups in total. The molecule has 0 saturated carbocycles. The predicted molar refractivity (Wildman–Crippen MR) is 74.8 cm³/mol. The van der Waals surface area contributed by atoms with E-state index in [-0.39, 0.29) is 0 Å². The highest BCUT2D eigenvalue weighted by Crippen LogP contribution is 2.20. The number of fused-ring (bicyclic) bond motifs is 1. The van der Waals surface area contributed by atoms with E-state index in [4.69, 9.17) is 10.5 Å². The molecule has 1 fully saturated rings. The van der Waals surface area contributed by atoms with Gasteiger partial charge in [-0.1, -0.05) is 18.2 Å². The van der Waals surface area contributed by atoms with Gasteiger partial charge in [0.15, 0.2) is 0 Å². The molecule has 0 amide bonds. The summed E-state index contributed by atoms with van der Waals surface area (Å²) in [5.74, 6) is 0. The van der Waals surface area contributed by atoms with Crippen molar-refractivity contribution in [3.63, 3.8) is 0 Å². The Labute approximate surface area is 112 Å². The Hall–Kier alpha value is -1.43. The first-order chi connectivity index (χ1) is 9.29. The number of benzene rings is 1. The molecule has 3 rings (SSSR count). The quantitative estimate of drug-likeness (QED) is 0.884. The normalized spacial score (nSPS) is 21.1. The lowest BCUT2D eigenvalue weighted by atomic mass is 10.1. The van der Waals surface area contributed by atoms with Gasteiger partial charge in [0.05, 0.1) is 24.4 Å². The summed E-state index contributed by atoms with van der Waals surface area (Å²) in [7, 11) is 1.99. The molecule has 19 heavy (non-hydrogen) atoms. The molecular formula is C14H20N4O. The van der Waals surface area contributed by atoms with Gasteiger partial charge in [-0.15, -0.1) is 0 Å². The molecule has 1 unspecified atom stereocenters. The van der Waals surface area contributed by atoms with Crippen molar-refractivity contribution in [2.75, 3.05) is 26.3 Å². The molecule has 0 aliphatic carbocycles. The van der Waals surface area contributed by atoms with Gasteiger partial charge >= 0.3 is 0 Å². The molecule has 1 aliphatic rings. The fourth-order valence-corrected chi connectivity index (χ4v) is 2.71. The van der Waals surface area contributed by atoms with E-state index in [2.05, 4.69) is 28.2 Å². The van der Waals surface area contributed by atoms with Gasteiger partial charge in [0.1, 0.15) is 0 Å². The Morgan fingerprint density at radius 1 is 1.42 bits per heavy atom. The van der Waals surface area contributed by atoms with Crippen molar-refractivity contribution in [1.29, 1.82) is 0 Å². The van der Waals surface area contributed by atoms with Gasteiger partial charge in [-0.25, -0.2) is 0 Å². The lowest BCUT2D eigenvalue weighted by Gasteiger charge is -2.34. The summed E-state index contributed by atoms with van der Waals surface area (Å²) in [5, 5.41) is 5.87. The SMILES string of the molecule is Cn1nc(CN2CCOCC2CN)c2ccccc21. The molecule has 0 radical (unpaired) electrons. The van der Waals surface area contributed by atoms with Crippen LogP contribution in [0.3, 0.4) is 0 Å². The third kappa shape index (κ3) is 2.36. The Morgan fingerprint density at radius 2 is 2.26 bits per heavy atom. The van der Waals surface area contributed by atoms with E-state index < -0.39 is 0 Å². The van der Waals surface area contributed by atoms with Gasteiger partial charge in [-0.2, -0.15) is 5.10 Å². The summed E-state index contributed by atoms with van der Waals surface area (Å²) in [4.78, 5) is 2.37. The number of ether oxygens (including phenoxy) is 1. The molecule has 1 aromatic heterocycles. The molecule has 2 heterocycles. The summed E-state index contributed by atoms with van der Waals surface area (Å²) in [6.45, 7) is 3.90. The fraction of sp³-hybridized carbons (Fsp3) is 0.500. The molecule has 5 nitrogen and oxygen atoms in total. The van der Waals surface area contributed by atoms with Crippen LogP contribution in [0.1, 0.15) is 5.69 Å². The average Bonchev–Trinajstić information content (AvgIpc) is 2.77. The van der Waals surface area contributed by atoms with Crippen molar-refractivity contribution in [3.8, 4) is 0 Å². The van der Waals surface area contributed by atoms with Crippen LogP contribution in [-0.4, -0.2) is 47.0 Å².